The molecular formula is C25H33N3O3. The van der Waals surface area contributed by atoms with Crippen LogP contribution in [0.3, 0.4) is 0 Å². The van der Waals surface area contributed by atoms with Gasteiger partial charge in [0.05, 0.1) is 19.3 Å². The van der Waals surface area contributed by atoms with Crippen molar-refractivity contribution in [2.45, 2.75) is 25.8 Å². The fourth-order valence-corrected chi connectivity index (χ4v) is 4.47. The quantitative estimate of drug-likeness (QED) is 0.742. The molecule has 1 atom stereocenters. The van der Waals surface area contributed by atoms with Crippen molar-refractivity contribution in [1.29, 1.82) is 0 Å². The third-order valence-electron chi connectivity index (χ3n) is 6.18. The number of benzene rings is 2. The molecule has 2 aromatic rings. The number of carbonyl (C=O) groups is 1. The van der Waals surface area contributed by atoms with Crippen LogP contribution >= 0.6 is 0 Å². The van der Waals surface area contributed by atoms with Gasteiger partial charge in [-0.05, 0) is 54.7 Å². The SMILES string of the molecule is Cc1cccc(OCC(=O)NCC(c2ccc3c(c2)CCCN3C)N2CCOCC2)c1. The second kappa shape index (κ2) is 10.2. The van der Waals surface area contributed by atoms with Gasteiger partial charge in [-0.25, -0.2) is 0 Å². The number of rotatable bonds is 7. The van der Waals surface area contributed by atoms with Gasteiger partial charge in [-0.15, -0.1) is 0 Å². The predicted octanol–water partition coefficient (Wildman–Crippen LogP) is 2.95. The van der Waals surface area contributed by atoms with Gasteiger partial charge in [0.2, 0.25) is 0 Å². The van der Waals surface area contributed by atoms with Gasteiger partial charge in [-0.1, -0.05) is 24.3 Å². The lowest BCUT2D eigenvalue weighted by Crippen LogP contribution is -2.44. The van der Waals surface area contributed by atoms with Gasteiger partial charge in [0.25, 0.3) is 5.91 Å². The zero-order valence-electron chi connectivity index (χ0n) is 18.6. The predicted molar refractivity (Wildman–Crippen MR) is 123 cm³/mol. The summed E-state index contributed by atoms with van der Waals surface area (Å²) in [5.41, 5.74) is 5.10. The summed E-state index contributed by atoms with van der Waals surface area (Å²) < 4.78 is 11.2. The number of carbonyl (C=O) groups excluding carboxylic acids is 1. The molecule has 2 aromatic carbocycles. The minimum absolute atomic E-state index is 0.0221. The van der Waals surface area contributed by atoms with Crippen molar-refractivity contribution in [1.82, 2.24) is 10.2 Å². The van der Waals surface area contributed by atoms with E-state index in [0.717, 1.165) is 50.6 Å². The first-order chi connectivity index (χ1) is 15.1. The van der Waals surface area contributed by atoms with Crippen LogP contribution in [0.25, 0.3) is 0 Å². The molecule has 0 aliphatic carbocycles. The normalized spacial score (nSPS) is 17.7. The van der Waals surface area contributed by atoms with Gasteiger partial charge in [-0.3, -0.25) is 9.69 Å². The van der Waals surface area contributed by atoms with E-state index < -0.39 is 0 Å². The Hall–Kier alpha value is -2.57. The molecule has 2 heterocycles. The molecule has 1 saturated heterocycles. The molecule has 166 valence electrons. The zero-order chi connectivity index (χ0) is 21.6. The first kappa shape index (κ1) is 21.7. The van der Waals surface area contributed by atoms with Gasteiger partial charge >= 0.3 is 0 Å². The molecule has 0 spiro atoms. The monoisotopic (exact) mass is 423 g/mol. The highest BCUT2D eigenvalue weighted by Gasteiger charge is 2.25. The van der Waals surface area contributed by atoms with Crippen LogP contribution in [-0.4, -0.2) is 63.9 Å². The summed E-state index contributed by atoms with van der Waals surface area (Å²) in [7, 11) is 2.16. The van der Waals surface area contributed by atoms with E-state index in [2.05, 4.69) is 40.4 Å². The highest BCUT2D eigenvalue weighted by Crippen LogP contribution is 2.31. The Balaban J connectivity index is 1.42. The number of nitrogens with one attached hydrogen (secondary N) is 1. The molecule has 31 heavy (non-hydrogen) atoms. The second-order valence-corrected chi connectivity index (χ2v) is 8.49. The van der Waals surface area contributed by atoms with Gasteiger partial charge in [0.15, 0.2) is 6.61 Å². The number of anilines is 1. The first-order valence-electron chi connectivity index (χ1n) is 11.2. The number of amides is 1. The maximum Gasteiger partial charge on any atom is 0.258 e. The molecule has 4 rings (SSSR count). The van der Waals surface area contributed by atoms with Crippen molar-refractivity contribution < 1.29 is 14.3 Å². The summed E-state index contributed by atoms with van der Waals surface area (Å²) in [5, 5.41) is 3.10. The Morgan fingerprint density at radius 1 is 1.16 bits per heavy atom. The summed E-state index contributed by atoms with van der Waals surface area (Å²) in [4.78, 5) is 17.3. The molecular weight excluding hydrogens is 390 g/mol. The van der Waals surface area contributed by atoms with Crippen molar-refractivity contribution in [2.24, 2.45) is 0 Å². The minimum Gasteiger partial charge on any atom is -0.484 e. The van der Waals surface area contributed by atoms with Crippen LogP contribution < -0.4 is 15.0 Å². The molecule has 1 amide bonds. The van der Waals surface area contributed by atoms with E-state index in [1.807, 2.05) is 31.2 Å². The lowest BCUT2D eigenvalue weighted by atomic mass is 9.95. The average Bonchev–Trinajstić information content (AvgIpc) is 2.79. The maximum atomic E-state index is 12.5. The van der Waals surface area contributed by atoms with Crippen molar-refractivity contribution in [3.8, 4) is 5.75 Å². The number of nitrogens with zero attached hydrogens (tertiary/aromatic N) is 2. The molecule has 6 heteroatoms. The van der Waals surface area contributed by atoms with Crippen LogP contribution in [0.4, 0.5) is 5.69 Å². The van der Waals surface area contributed by atoms with Crippen LogP contribution in [0.5, 0.6) is 5.75 Å². The first-order valence-corrected chi connectivity index (χ1v) is 11.2. The van der Waals surface area contributed by atoms with Crippen molar-refractivity contribution in [3.05, 3.63) is 59.2 Å². The van der Waals surface area contributed by atoms with Crippen molar-refractivity contribution >= 4 is 11.6 Å². The summed E-state index contributed by atoms with van der Waals surface area (Å²) >= 11 is 0. The van der Waals surface area contributed by atoms with Crippen LogP contribution in [0.15, 0.2) is 42.5 Å². The highest BCUT2D eigenvalue weighted by molar-refractivity contribution is 5.77. The second-order valence-electron chi connectivity index (χ2n) is 8.49. The molecule has 0 aromatic heterocycles. The minimum atomic E-state index is -0.0996. The van der Waals surface area contributed by atoms with Gasteiger partial charge in [0, 0.05) is 38.9 Å². The Kier molecular flexibility index (Phi) is 7.10. The number of morpholine rings is 1. The Bertz CT molecular complexity index is 895. The number of ether oxygens (including phenoxy) is 2. The van der Waals surface area contributed by atoms with E-state index in [9.17, 15) is 4.79 Å². The number of fused-ring (bicyclic) bond motifs is 1. The lowest BCUT2D eigenvalue weighted by Gasteiger charge is -2.36. The van der Waals surface area contributed by atoms with Crippen LogP contribution in [0.2, 0.25) is 0 Å². The number of hydrogen-bond donors (Lipinski definition) is 1. The molecule has 2 aliphatic rings. The fourth-order valence-electron chi connectivity index (χ4n) is 4.47. The summed E-state index contributed by atoms with van der Waals surface area (Å²) in [6.07, 6.45) is 2.29. The zero-order valence-corrected chi connectivity index (χ0v) is 18.6. The van der Waals surface area contributed by atoms with Crippen LogP contribution in [0.1, 0.15) is 29.2 Å². The van der Waals surface area contributed by atoms with Gasteiger partial charge < -0.3 is 19.7 Å². The molecule has 0 bridgehead atoms. The molecule has 2 aliphatic heterocycles. The third kappa shape index (κ3) is 5.57. The number of hydrogen-bond acceptors (Lipinski definition) is 5. The lowest BCUT2D eigenvalue weighted by molar-refractivity contribution is -0.123. The molecule has 1 N–H and O–H groups in total. The molecule has 0 saturated carbocycles. The Labute approximate surface area is 185 Å². The Morgan fingerprint density at radius 2 is 2.00 bits per heavy atom. The van der Waals surface area contributed by atoms with Gasteiger partial charge in [-0.2, -0.15) is 0 Å². The summed E-state index contributed by atoms with van der Waals surface area (Å²) in [6, 6.07) is 14.7. The van der Waals surface area contributed by atoms with E-state index in [-0.39, 0.29) is 18.6 Å². The van der Waals surface area contributed by atoms with E-state index in [0.29, 0.717) is 6.54 Å². The van der Waals surface area contributed by atoms with Crippen LogP contribution in [-0.2, 0) is 16.0 Å². The third-order valence-corrected chi connectivity index (χ3v) is 6.18. The molecule has 6 nitrogen and oxygen atoms in total. The molecule has 0 radical (unpaired) electrons. The van der Waals surface area contributed by atoms with E-state index in [1.54, 1.807) is 0 Å². The molecule has 1 unspecified atom stereocenters. The molecule has 1 fully saturated rings. The average molecular weight is 424 g/mol. The largest absolute Gasteiger partial charge is 0.484 e. The fraction of sp³-hybridized carbons (Fsp3) is 0.480. The Morgan fingerprint density at radius 3 is 2.81 bits per heavy atom. The van der Waals surface area contributed by atoms with Gasteiger partial charge in [0.1, 0.15) is 5.75 Å². The summed E-state index contributed by atoms with van der Waals surface area (Å²) in [5.74, 6) is 0.621. The highest BCUT2D eigenvalue weighted by atomic mass is 16.5. The van der Waals surface area contributed by atoms with Crippen molar-refractivity contribution in [3.63, 3.8) is 0 Å². The summed E-state index contributed by atoms with van der Waals surface area (Å²) in [6.45, 7) is 6.91. The van der Waals surface area contributed by atoms with E-state index in [1.165, 1.54) is 23.2 Å². The van der Waals surface area contributed by atoms with Crippen molar-refractivity contribution in [2.75, 3.05) is 57.9 Å². The number of aryl methyl sites for hydroxylation is 2. The topological polar surface area (TPSA) is 54.0 Å². The standard InChI is InChI=1S/C25H33N3O3/c1-19-5-3-7-22(15-19)31-18-25(29)26-17-24(28-11-13-30-14-12-28)21-8-9-23-20(16-21)6-4-10-27(23)2/h3,5,7-9,15-16,24H,4,6,10-14,17-18H2,1-2H3,(H,26,29). The van der Waals surface area contributed by atoms with Crippen LogP contribution in [0, 0.1) is 6.92 Å². The van der Waals surface area contributed by atoms with E-state index >= 15 is 0 Å². The van der Waals surface area contributed by atoms with E-state index in [4.69, 9.17) is 9.47 Å². The maximum absolute atomic E-state index is 12.5. The smallest absolute Gasteiger partial charge is 0.258 e.